The van der Waals surface area contributed by atoms with Crippen LogP contribution in [0.4, 0.5) is 5.69 Å². The molecule has 0 spiro atoms. The van der Waals surface area contributed by atoms with E-state index in [9.17, 15) is 4.79 Å². The van der Waals surface area contributed by atoms with Crippen LogP contribution in [0.25, 0.3) is 10.9 Å². The lowest BCUT2D eigenvalue weighted by Crippen LogP contribution is -2.45. The van der Waals surface area contributed by atoms with Gasteiger partial charge in [-0.2, -0.15) is 0 Å². The Hall–Kier alpha value is -3.70. The number of benzene rings is 3. The highest BCUT2D eigenvalue weighted by atomic mass is 16.5. The van der Waals surface area contributed by atoms with Gasteiger partial charge in [0, 0.05) is 24.9 Å². The number of likely N-dealkylation sites (tertiary alicyclic amines) is 1. The first-order valence-electron chi connectivity index (χ1n) is 11.4. The fraction of sp³-hybridized carbons (Fsp3) is 0.214. The van der Waals surface area contributed by atoms with Gasteiger partial charge in [0.1, 0.15) is 11.9 Å². The third-order valence-electron chi connectivity index (χ3n) is 6.57. The number of para-hydroxylation sites is 3. The molecule has 164 valence electrons. The van der Waals surface area contributed by atoms with E-state index in [1.165, 1.54) is 0 Å². The van der Waals surface area contributed by atoms with E-state index in [2.05, 4.69) is 35.2 Å². The molecule has 2 bridgehead atoms. The zero-order valence-electron chi connectivity index (χ0n) is 18.3. The summed E-state index contributed by atoms with van der Waals surface area (Å²) in [4.78, 5) is 22.9. The van der Waals surface area contributed by atoms with E-state index in [0.29, 0.717) is 26.1 Å². The highest BCUT2D eigenvalue weighted by molar-refractivity contribution is 5.99. The number of fused-ring (bicyclic) bond motifs is 4. The average molecular weight is 436 g/mol. The van der Waals surface area contributed by atoms with Crippen molar-refractivity contribution in [3.63, 3.8) is 0 Å². The first-order valence-corrected chi connectivity index (χ1v) is 11.4. The number of ether oxygens (including phenoxy) is 1. The molecule has 6 rings (SSSR count). The molecule has 1 amide bonds. The number of rotatable bonds is 4. The number of pyridine rings is 1. The number of nitrogens with zero attached hydrogens (tertiary/aromatic N) is 3. The number of carbonyl (C=O) groups excluding carboxylic acids is 1. The summed E-state index contributed by atoms with van der Waals surface area (Å²) >= 11 is 0. The molecule has 3 heterocycles. The smallest absolute Gasteiger partial charge is 0.244 e. The summed E-state index contributed by atoms with van der Waals surface area (Å²) in [7, 11) is 0. The van der Waals surface area contributed by atoms with Crippen LogP contribution >= 0.6 is 0 Å². The molecule has 1 saturated heterocycles. The van der Waals surface area contributed by atoms with Crippen LogP contribution in [0.3, 0.4) is 0 Å². The molecule has 2 atom stereocenters. The van der Waals surface area contributed by atoms with E-state index in [0.717, 1.165) is 33.6 Å². The molecule has 33 heavy (non-hydrogen) atoms. The van der Waals surface area contributed by atoms with Gasteiger partial charge in [-0.1, -0.05) is 66.7 Å². The van der Waals surface area contributed by atoms with Gasteiger partial charge in [0.25, 0.3) is 0 Å². The predicted octanol–water partition coefficient (Wildman–Crippen LogP) is 4.80. The second kappa shape index (κ2) is 8.34. The topological polar surface area (TPSA) is 45.7 Å². The Morgan fingerprint density at radius 3 is 2.55 bits per heavy atom. The maximum Gasteiger partial charge on any atom is 0.244 e. The van der Waals surface area contributed by atoms with E-state index in [-0.39, 0.29) is 18.1 Å². The molecule has 2 aliphatic rings. The molecule has 5 nitrogen and oxygen atoms in total. The number of carbonyl (C=O) groups is 1. The third-order valence-corrected chi connectivity index (χ3v) is 6.57. The highest BCUT2D eigenvalue weighted by Crippen LogP contribution is 2.37. The molecule has 0 N–H and O–H groups in total. The lowest BCUT2D eigenvalue weighted by atomic mass is 10.1. The van der Waals surface area contributed by atoms with E-state index in [1.54, 1.807) is 0 Å². The monoisotopic (exact) mass is 435 g/mol. The molecule has 1 aromatic heterocycles. The second-order valence-corrected chi connectivity index (χ2v) is 8.79. The summed E-state index contributed by atoms with van der Waals surface area (Å²) in [5, 5.41) is 1.12. The minimum Gasteiger partial charge on any atom is -0.487 e. The van der Waals surface area contributed by atoms with Gasteiger partial charge in [0.15, 0.2) is 0 Å². The van der Waals surface area contributed by atoms with E-state index in [4.69, 9.17) is 9.72 Å². The maximum absolute atomic E-state index is 13.9. The summed E-state index contributed by atoms with van der Waals surface area (Å²) in [6.45, 7) is 1.85. The van der Waals surface area contributed by atoms with Gasteiger partial charge in [-0.05, 0) is 29.8 Å². The van der Waals surface area contributed by atoms with E-state index < -0.39 is 0 Å². The van der Waals surface area contributed by atoms with Crippen molar-refractivity contribution in [2.45, 2.75) is 31.7 Å². The van der Waals surface area contributed by atoms with Gasteiger partial charge in [-0.25, -0.2) is 0 Å². The first-order chi connectivity index (χ1) is 16.2. The predicted molar refractivity (Wildman–Crippen MR) is 129 cm³/mol. The van der Waals surface area contributed by atoms with Crippen molar-refractivity contribution < 1.29 is 9.53 Å². The minimum absolute atomic E-state index is 0.0144. The van der Waals surface area contributed by atoms with Crippen LogP contribution in [0.15, 0.2) is 91.0 Å². The van der Waals surface area contributed by atoms with E-state index in [1.807, 2.05) is 65.6 Å². The quantitative estimate of drug-likeness (QED) is 0.462. The number of anilines is 1. The zero-order chi connectivity index (χ0) is 22.2. The molecular formula is C28H25N3O2. The second-order valence-electron chi connectivity index (χ2n) is 8.79. The minimum atomic E-state index is -0.236. The number of aromatic nitrogens is 1. The fourth-order valence-electron chi connectivity index (χ4n) is 4.97. The van der Waals surface area contributed by atoms with Crippen molar-refractivity contribution >= 4 is 22.5 Å². The van der Waals surface area contributed by atoms with Crippen LogP contribution in [0.1, 0.15) is 17.7 Å². The van der Waals surface area contributed by atoms with Crippen molar-refractivity contribution in [3.05, 3.63) is 102 Å². The van der Waals surface area contributed by atoms with Crippen LogP contribution in [0, 0.1) is 0 Å². The molecule has 1 fully saturated rings. The molecule has 0 saturated carbocycles. The number of hydrogen-bond acceptors (Lipinski definition) is 4. The highest BCUT2D eigenvalue weighted by Gasteiger charge is 2.42. The Labute approximate surface area is 193 Å². The van der Waals surface area contributed by atoms with Crippen LogP contribution in [0.2, 0.25) is 0 Å². The van der Waals surface area contributed by atoms with Crippen molar-refractivity contribution in [1.82, 2.24) is 9.88 Å². The average Bonchev–Trinajstić information content (AvgIpc) is 3.25. The molecule has 5 heteroatoms. The zero-order valence-corrected chi connectivity index (χ0v) is 18.3. The molecule has 4 aromatic rings. The summed E-state index contributed by atoms with van der Waals surface area (Å²) in [6.07, 6.45) is 0.672. The van der Waals surface area contributed by atoms with Crippen LogP contribution < -0.4 is 9.64 Å². The number of hydrogen-bond donors (Lipinski definition) is 0. The van der Waals surface area contributed by atoms with Gasteiger partial charge in [-0.3, -0.25) is 14.7 Å². The largest absolute Gasteiger partial charge is 0.487 e. The lowest BCUT2D eigenvalue weighted by molar-refractivity contribution is -0.123. The molecule has 0 radical (unpaired) electrons. The summed E-state index contributed by atoms with van der Waals surface area (Å²) in [5.74, 6) is 0.897. The Morgan fingerprint density at radius 1 is 0.848 bits per heavy atom. The molecule has 2 aliphatic heterocycles. The van der Waals surface area contributed by atoms with Gasteiger partial charge in [-0.15, -0.1) is 0 Å². The molecule has 0 aliphatic carbocycles. The van der Waals surface area contributed by atoms with E-state index >= 15 is 0 Å². The SMILES string of the molecule is O=C1C2CC(CN2Cc2ccc3ccccc3n2)Oc2ccccc2N1Cc1ccccc1. The summed E-state index contributed by atoms with van der Waals surface area (Å²) in [5.41, 5.74) is 3.89. The van der Waals surface area contributed by atoms with Gasteiger partial charge >= 0.3 is 0 Å². The molecule has 3 aromatic carbocycles. The standard InChI is InChI=1S/C28H25N3O2/c32-28-26-16-23(19-30(26)18-22-15-14-21-10-4-5-11-24(21)29-22)33-27-13-7-6-12-25(27)31(28)17-20-8-2-1-3-9-20/h1-15,23,26H,16-19H2. The lowest BCUT2D eigenvalue weighted by Gasteiger charge is -2.32. The Balaban J connectivity index is 1.33. The molecular weight excluding hydrogens is 410 g/mol. The normalized spacial score (nSPS) is 20.2. The Kier molecular flexibility index (Phi) is 5.04. The first kappa shape index (κ1) is 19.9. The van der Waals surface area contributed by atoms with Crippen molar-refractivity contribution in [3.8, 4) is 5.75 Å². The van der Waals surface area contributed by atoms with Crippen LogP contribution in [0.5, 0.6) is 5.75 Å². The van der Waals surface area contributed by atoms with Crippen molar-refractivity contribution in [1.29, 1.82) is 0 Å². The maximum atomic E-state index is 13.9. The van der Waals surface area contributed by atoms with Crippen LogP contribution in [-0.2, 0) is 17.9 Å². The summed E-state index contributed by atoms with van der Waals surface area (Å²) in [6, 6.07) is 30.1. The van der Waals surface area contributed by atoms with Crippen molar-refractivity contribution in [2.75, 3.05) is 11.4 Å². The Bertz CT molecular complexity index is 1310. The van der Waals surface area contributed by atoms with Gasteiger partial charge < -0.3 is 9.64 Å². The van der Waals surface area contributed by atoms with Crippen LogP contribution in [-0.4, -0.2) is 34.5 Å². The summed E-state index contributed by atoms with van der Waals surface area (Å²) < 4.78 is 6.43. The Morgan fingerprint density at radius 2 is 1.64 bits per heavy atom. The van der Waals surface area contributed by atoms with Gasteiger partial charge in [0.2, 0.25) is 5.91 Å². The number of amides is 1. The fourth-order valence-corrected chi connectivity index (χ4v) is 4.97. The van der Waals surface area contributed by atoms with Crippen molar-refractivity contribution in [2.24, 2.45) is 0 Å². The third kappa shape index (κ3) is 3.85. The molecule has 2 unspecified atom stereocenters. The van der Waals surface area contributed by atoms with Gasteiger partial charge in [0.05, 0.1) is 29.5 Å².